The zero-order valence-electron chi connectivity index (χ0n) is 10.2. The third-order valence-electron chi connectivity index (χ3n) is 2.55. The Kier molecular flexibility index (Phi) is 3.37. The third-order valence-corrected chi connectivity index (χ3v) is 2.55. The van der Waals surface area contributed by atoms with E-state index < -0.39 is 5.82 Å². The van der Waals surface area contributed by atoms with Crippen LogP contribution in [0.5, 0.6) is 17.2 Å². The molecule has 0 bridgehead atoms. The minimum Gasteiger partial charge on any atom is -0.493 e. The molecule has 4 heteroatoms. The van der Waals surface area contributed by atoms with Gasteiger partial charge in [-0.05, 0) is 36.8 Å². The molecule has 0 saturated heterocycles. The standard InChI is InChI=1S/C14H14FNO2/c1-9-6-7-11(13(8-9)17-2)18-12-5-3-4-10(15)14(12)16/h3-8H,16H2,1-2H3. The van der Waals surface area contributed by atoms with E-state index in [1.54, 1.807) is 25.3 Å². The van der Waals surface area contributed by atoms with E-state index in [0.717, 1.165) is 5.56 Å². The molecule has 2 aromatic carbocycles. The van der Waals surface area contributed by atoms with E-state index in [1.165, 1.54) is 6.07 Å². The van der Waals surface area contributed by atoms with Gasteiger partial charge >= 0.3 is 0 Å². The normalized spacial score (nSPS) is 10.2. The lowest BCUT2D eigenvalue weighted by atomic mass is 10.2. The lowest BCUT2D eigenvalue weighted by Crippen LogP contribution is -1.96. The van der Waals surface area contributed by atoms with Crippen molar-refractivity contribution in [3.8, 4) is 17.2 Å². The van der Waals surface area contributed by atoms with Crippen LogP contribution in [0.3, 0.4) is 0 Å². The van der Waals surface area contributed by atoms with E-state index in [1.807, 2.05) is 19.1 Å². The summed E-state index contributed by atoms with van der Waals surface area (Å²) in [5.74, 6) is 0.856. The van der Waals surface area contributed by atoms with E-state index in [0.29, 0.717) is 11.5 Å². The smallest absolute Gasteiger partial charge is 0.169 e. The van der Waals surface area contributed by atoms with Crippen LogP contribution in [0.1, 0.15) is 5.56 Å². The summed E-state index contributed by atoms with van der Waals surface area (Å²) in [6.45, 7) is 1.95. The lowest BCUT2D eigenvalue weighted by molar-refractivity contribution is 0.378. The molecule has 0 aliphatic rings. The van der Waals surface area contributed by atoms with Crippen molar-refractivity contribution >= 4 is 5.69 Å². The number of methoxy groups -OCH3 is 1. The average molecular weight is 247 g/mol. The van der Waals surface area contributed by atoms with Crippen molar-refractivity contribution < 1.29 is 13.9 Å². The number of hydrogen-bond acceptors (Lipinski definition) is 3. The molecule has 0 spiro atoms. The minimum absolute atomic E-state index is 0.0138. The maximum Gasteiger partial charge on any atom is 0.169 e. The van der Waals surface area contributed by atoms with Crippen LogP contribution < -0.4 is 15.2 Å². The minimum atomic E-state index is -0.501. The first-order valence-corrected chi connectivity index (χ1v) is 5.48. The first kappa shape index (κ1) is 12.2. The predicted molar refractivity (Wildman–Crippen MR) is 68.6 cm³/mol. The molecule has 2 aromatic rings. The van der Waals surface area contributed by atoms with Crippen molar-refractivity contribution in [1.82, 2.24) is 0 Å². The maximum atomic E-state index is 13.3. The van der Waals surface area contributed by atoms with Gasteiger partial charge in [-0.25, -0.2) is 4.39 Å². The zero-order chi connectivity index (χ0) is 13.1. The van der Waals surface area contributed by atoms with Gasteiger partial charge in [0.1, 0.15) is 11.5 Å². The van der Waals surface area contributed by atoms with Gasteiger partial charge in [-0.1, -0.05) is 12.1 Å². The van der Waals surface area contributed by atoms with Gasteiger partial charge in [0.15, 0.2) is 17.2 Å². The monoisotopic (exact) mass is 247 g/mol. The Morgan fingerprint density at radius 2 is 1.83 bits per heavy atom. The predicted octanol–water partition coefficient (Wildman–Crippen LogP) is 3.52. The number of para-hydroxylation sites is 1. The van der Waals surface area contributed by atoms with Crippen LogP contribution in [0.4, 0.5) is 10.1 Å². The van der Waals surface area contributed by atoms with Gasteiger partial charge in [0.2, 0.25) is 0 Å². The van der Waals surface area contributed by atoms with Crippen LogP contribution in [0.15, 0.2) is 36.4 Å². The molecule has 0 unspecified atom stereocenters. The van der Waals surface area contributed by atoms with Crippen LogP contribution in [0, 0.1) is 12.7 Å². The quantitative estimate of drug-likeness (QED) is 0.844. The number of aryl methyl sites for hydroxylation is 1. The summed E-state index contributed by atoms with van der Waals surface area (Å²) in [5, 5.41) is 0. The second-order valence-corrected chi connectivity index (χ2v) is 3.91. The molecule has 0 saturated carbocycles. The van der Waals surface area contributed by atoms with Crippen LogP contribution in [0.25, 0.3) is 0 Å². The molecule has 0 heterocycles. The number of benzene rings is 2. The molecule has 3 nitrogen and oxygen atoms in total. The van der Waals surface area contributed by atoms with Crippen molar-refractivity contribution in [3.05, 3.63) is 47.8 Å². The van der Waals surface area contributed by atoms with Crippen LogP contribution >= 0.6 is 0 Å². The highest BCUT2D eigenvalue weighted by atomic mass is 19.1. The molecule has 2 N–H and O–H groups in total. The van der Waals surface area contributed by atoms with E-state index in [-0.39, 0.29) is 11.4 Å². The van der Waals surface area contributed by atoms with Crippen LogP contribution in [-0.2, 0) is 0 Å². The van der Waals surface area contributed by atoms with Gasteiger partial charge in [0, 0.05) is 0 Å². The highest BCUT2D eigenvalue weighted by Crippen LogP contribution is 2.35. The Morgan fingerprint density at radius 3 is 2.56 bits per heavy atom. The van der Waals surface area contributed by atoms with Gasteiger partial charge in [0.25, 0.3) is 0 Å². The SMILES string of the molecule is COc1cc(C)ccc1Oc1cccc(F)c1N. The highest BCUT2D eigenvalue weighted by Gasteiger charge is 2.10. The number of halogens is 1. The third kappa shape index (κ3) is 2.37. The van der Waals surface area contributed by atoms with E-state index in [4.69, 9.17) is 15.2 Å². The Bertz CT molecular complexity index is 570. The Balaban J connectivity index is 2.37. The van der Waals surface area contributed by atoms with Gasteiger partial charge in [-0.3, -0.25) is 0 Å². The Morgan fingerprint density at radius 1 is 1.06 bits per heavy atom. The molecule has 0 aromatic heterocycles. The van der Waals surface area contributed by atoms with Crippen molar-refractivity contribution in [2.24, 2.45) is 0 Å². The maximum absolute atomic E-state index is 13.3. The Hall–Kier alpha value is -2.23. The second-order valence-electron chi connectivity index (χ2n) is 3.91. The fourth-order valence-corrected chi connectivity index (χ4v) is 1.58. The molecular weight excluding hydrogens is 233 g/mol. The summed E-state index contributed by atoms with van der Waals surface area (Å²) >= 11 is 0. The number of ether oxygens (including phenoxy) is 2. The van der Waals surface area contributed by atoms with Crippen molar-refractivity contribution in [3.63, 3.8) is 0 Å². The average Bonchev–Trinajstić information content (AvgIpc) is 2.37. The van der Waals surface area contributed by atoms with Crippen LogP contribution in [-0.4, -0.2) is 7.11 Å². The summed E-state index contributed by atoms with van der Waals surface area (Å²) in [4.78, 5) is 0. The van der Waals surface area contributed by atoms with E-state index in [2.05, 4.69) is 0 Å². The number of rotatable bonds is 3. The van der Waals surface area contributed by atoms with Gasteiger partial charge < -0.3 is 15.2 Å². The summed E-state index contributed by atoms with van der Waals surface area (Å²) in [7, 11) is 1.55. The topological polar surface area (TPSA) is 44.5 Å². The molecule has 0 aliphatic carbocycles. The fraction of sp³-hybridized carbons (Fsp3) is 0.143. The highest BCUT2D eigenvalue weighted by molar-refractivity contribution is 5.56. The number of hydrogen-bond donors (Lipinski definition) is 1. The second kappa shape index (κ2) is 4.96. The van der Waals surface area contributed by atoms with Crippen molar-refractivity contribution in [2.75, 3.05) is 12.8 Å². The zero-order valence-corrected chi connectivity index (χ0v) is 10.2. The molecule has 0 atom stereocenters. The largest absolute Gasteiger partial charge is 0.493 e. The molecule has 0 fully saturated rings. The summed E-state index contributed by atoms with van der Waals surface area (Å²) in [5.41, 5.74) is 6.64. The first-order valence-electron chi connectivity index (χ1n) is 5.48. The molecule has 0 aliphatic heterocycles. The molecule has 94 valence electrons. The number of anilines is 1. The van der Waals surface area contributed by atoms with E-state index >= 15 is 0 Å². The summed E-state index contributed by atoms with van der Waals surface area (Å²) in [6, 6.07) is 9.92. The lowest BCUT2D eigenvalue weighted by Gasteiger charge is -2.12. The number of nitrogen functional groups attached to an aromatic ring is 1. The number of nitrogens with two attached hydrogens (primary N) is 1. The molecule has 0 radical (unpaired) electrons. The fourth-order valence-electron chi connectivity index (χ4n) is 1.58. The summed E-state index contributed by atoms with van der Waals surface area (Å²) < 4.78 is 24.1. The van der Waals surface area contributed by atoms with Crippen LogP contribution in [0.2, 0.25) is 0 Å². The molecule has 0 amide bonds. The van der Waals surface area contributed by atoms with E-state index in [9.17, 15) is 4.39 Å². The van der Waals surface area contributed by atoms with Gasteiger partial charge in [-0.2, -0.15) is 0 Å². The Labute approximate surface area is 105 Å². The molecule has 2 rings (SSSR count). The summed E-state index contributed by atoms with van der Waals surface area (Å²) in [6.07, 6.45) is 0. The van der Waals surface area contributed by atoms with Gasteiger partial charge in [0.05, 0.1) is 7.11 Å². The molecular formula is C14H14FNO2. The first-order chi connectivity index (χ1) is 8.61. The van der Waals surface area contributed by atoms with Crippen molar-refractivity contribution in [1.29, 1.82) is 0 Å². The molecule has 18 heavy (non-hydrogen) atoms. The van der Waals surface area contributed by atoms with Gasteiger partial charge in [-0.15, -0.1) is 0 Å². The van der Waals surface area contributed by atoms with Crippen molar-refractivity contribution in [2.45, 2.75) is 6.92 Å².